The van der Waals surface area contributed by atoms with E-state index in [0.717, 1.165) is 31.2 Å². The number of hydrogen-bond donors (Lipinski definition) is 1. The quantitative estimate of drug-likeness (QED) is 0.774. The molecule has 1 heterocycles. The van der Waals surface area contributed by atoms with Gasteiger partial charge in [0.1, 0.15) is 5.00 Å². The second-order valence-electron chi connectivity index (χ2n) is 7.73. The summed E-state index contributed by atoms with van der Waals surface area (Å²) in [4.78, 5) is 26.0. The van der Waals surface area contributed by atoms with Crippen LogP contribution in [-0.4, -0.2) is 18.5 Å². The zero-order chi connectivity index (χ0) is 17.9. The highest BCUT2D eigenvalue weighted by Gasteiger charge is 2.30. The Hall–Kier alpha value is -1.36. The fourth-order valence-electron chi connectivity index (χ4n) is 3.16. The van der Waals surface area contributed by atoms with Crippen molar-refractivity contribution in [3.63, 3.8) is 0 Å². The smallest absolute Gasteiger partial charge is 0.341 e. The van der Waals surface area contributed by atoms with Gasteiger partial charge in [-0.3, -0.25) is 4.79 Å². The molecule has 0 fully saturated rings. The molecule has 5 heteroatoms. The van der Waals surface area contributed by atoms with E-state index in [-0.39, 0.29) is 17.3 Å². The van der Waals surface area contributed by atoms with Crippen molar-refractivity contribution in [2.75, 3.05) is 11.9 Å². The molecule has 1 aliphatic rings. The summed E-state index contributed by atoms with van der Waals surface area (Å²) in [5.41, 5.74) is 1.60. The van der Waals surface area contributed by atoms with E-state index < -0.39 is 0 Å². The third-order valence-electron chi connectivity index (χ3n) is 4.37. The molecule has 2 rings (SSSR count). The summed E-state index contributed by atoms with van der Waals surface area (Å²) in [6.07, 6.45) is 4.57. The Morgan fingerprint density at radius 2 is 2.00 bits per heavy atom. The molecule has 0 saturated heterocycles. The van der Waals surface area contributed by atoms with Crippen molar-refractivity contribution in [3.8, 4) is 0 Å². The van der Waals surface area contributed by atoms with Gasteiger partial charge in [0.05, 0.1) is 12.2 Å². The predicted molar refractivity (Wildman–Crippen MR) is 98.8 cm³/mol. The monoisotopic (exact) mass is 351 g/mol. The first-order valence-corrected chi connectivity index (χ1v) is 9.68. The van der Waals surface area contributed by atoms with Gasteiger partial charge in [-0.05, 0) is 43.1 Å². The average Bonchev–Trinajstić information content (AvgIpc) is 2.81. The summed E-state index contributed by atoms with van der Waals surface area (Å²) >= 11 is 1.56. The summed E-state index contributed by atoms with van der Waals surface area (Å²) in [6, 6.07) is 0. The number of fused-ring (bicyclic) bond motifs is 1. The van der Waals surface area contributed by atoms with Gasteiger partial charge in [-0.1, -0.05) is 34.1 Å². The van der Waals surface area contributed by atoms with E-state index in [2.05, 4.69) is 12.2 Å². The van der Waals surface area contributed by atoms with Crippen LogP contribution in [-0.2, 0) is 22.4 Å². The minimum Gasteiger partial charge on any atom is -0.462 e. The molecule has 1 N–H and O–H groups in total. The molecular weight excluding hydrogens is 322 g/mol. The molecule has 0 unspecified atom stereocenters. The van der Waals surface area contributed by atoms with Crippen LogP contribution in [0.3, 0.4) is 0 Å². The van der Waals surface area contributed by atoms with Gasteiger partial charge in [0.25, 0.3) is 0 Å². The summed E-state index contributed by atoms with van der Waals surface area (Å²) in [7, 11) is 0. The van der Waals surface area contributed by atoms with E-state index in [1.165, 1.54) is 4.88 Å². The summed E-state index contributed by atoms with van der Waals surface area (Å²) in [6.45, 7) is 10.5. The Morgan fingerprint density at radius 1 is 1.29 bits per heavy atom. The van der Waals surface area contributed by atoms with Crippen LogP contribution in [0.2, 0.25) is 0 Å². The van der Waals surface area contributed by atoms with Crippen LogP contribution in [0.5, 0.6) is 0 Å². The van der Waals surface area contributed by atoms with E-state index >= 15 is 0 Å². The molecule has 1 amide bonds. The molecule has 0 aromatic carbocycles. The van der Waals surface area contributed by atoms with Gasteiger partial charge in [-0.25, -0.2) is 4.79 Å². The number of thiophene rings is 1. The second kappa shape index (κ2) is 7.68. The number of anilines is 1. The van der Waals surface area contributed by atoms with Gasteiger partial charge in [-0.2, -0.15) is 0 Å². The Bertz CT molecular complexity index is 613. The first-order valence-electron chi connectivity index (χ1n) is 8.86. The first kappa shape index (κ1) is 19.0. The molecule has 134 valence electrons. The maximum Gasteiger partial charge on any atom is 0.341 e. The zero-order valence-electron chi connectivity index (χ0n) is 15.5. The van der Waals surface area contributed by atoms with Crippen molar-refractivity contribution in [1.29, 1.82) is 0 Å². The topological polar surface area (TPSA) is 55.4 Å². The highest BCUT2D eigenvalue weighted by molar-refractivity contribution is 7.17. The van der Waals surface area contributed by atoms with Crippen molar-refractivity contribution in [2.24, 2.45) is 11.3 Å². The summed E-state index contributed by atoms with van der Waals surface area (Å²) in [5, 5.41) is 3.65. The molecular formula is C19H29NO3S. The Morgan fingerprint density at radius 3 is 2.58 bits per heavy atom. The van der Waals surface area contributed by atoms with Crippen molar-refractivity contribution in [3.05, 3.63) is 16.0 Å². The minimum absolute atomic E-state index is 0.0429. The summed E-state index contributed by atoms with van der Waals surface area (Å²) in [5.74, 6) is 0.319. The van der Waals surface area contributed by atoms with Crippen molar-refractivity contribution < 1.29 is 14.3 Å². The molecule has 1 atom stereocenters. The number of hydrogen-bond acceptors (Lipinski definition) is 4. The van der Waals surface area contributed by atoms with E-state index in [9.17, 15) is 9.59 Å². The highest BCUT2D eigenvalue weighted by Crippen LogP contribution is 2.41. The number of amides is 1. The molecule has 1 aromatic rings. The van der Waals surface area contributed by atoms with Gasteiger partial charge < -0.3 is 10.1 Å². The SMILES string of the molecule is CCOC(=O)c1c(NC(=O)CC(C)(C)C)sc2c1CC[C@H](CC)C2. The molecule has 0 spiro atoms. The Kier molecular flexibility index (Phi) is 6.07. The molecule has 24 heavy (non-hydrogen) atoms. The molecule has 4 nitrogen and oxygen atoms in total. The van der Waals surface area contributed by atoms with Crippen molar-refractivity contribution >= 4 is 28.2 Å². The zero-order valence-corrected chi connectivity index (χ0v) is 16.3. The van der Waals surface area contributed by atoms with E-state index in [1.807, 2.05) is 27.7 Å². The lowest BCUT2D eigenvalue weighted by Crippen LogP contribution is -2.21. The minimum atomic E-state index is -0.309. The van der Waals surface area contributed by atoms with Crippen LogP contribution >= 0.6 is 11.3 Å². The number of ether oxygens (including phenoxy) is 1. The van der Waals surface area contributed by atoms with Crippen LogP contribution in [0.1, 0.15) is 74.7 Å². The average molecular weight is 352 g/mol. The maximum atomic E-state index is 12.4. The Balaban J connectivity index is 2.30. The lowest BCUT2D eigenvalue weighted by atomic mass is 9.85. The molecule has 0 saturated carbocycles. The molecule has 0 radical (unpaired) electrons. The number of rotatable bonds is 5. The van der Waals surface area contributed by atoms with Crippen molar-refractivity contribution in [2.45, 2.75) is 66.7 Å². The van der Waals surface area contributed by atoms with Crippen LogP contribution < -0.4 is 5.32 Å². The largest absolute Gasteiger partial charge is 0.462 e. The van der Waals surface area contributed by atoms with Gasteiger partial charge in [-0.15, -0.1) is 11.3 Å². The maximum absolute atomic E-state index is 12.4. The van der Waals surface area contributed by atoms with Gasteiger partial charge in [0.15, 0.2) is 0 Å². The number of nitrogens with one attached hydrogen (secondary N) is 1. The highest BCUT2D eigenvalue weighted by atomic mass is 32.1. The molecule has 1 aromatic heterocycles. The Labute approximate surface area is 149 Å². The number of carbonyl (C=O) groups is 2. The normalized spacial score (nSPS) is 17.3. The van der Waals surface area contributed by atoms with E-state index in [4.69, 9.17) is 4.74 Å². The van der Waals surface area contributed by atoms with Gasteiger partial charge in [0.2, 0.25) is 5.91 Å². The van der Waals surface area contributed by atoms with E-state index in [0.29, 0.717) is 29.5 Å². The van der Waals surface area contributed by atoms with Crippen LogP contribution in [0.4, 0.5) is 5.00 Å². The van der Waals surface area contributed by atoms with Crippen LogP contribution in [0, 0.1) is 11.3 Å². The van der Waals surface area contributed by atoms with Crippen LogP contribution in [0.25, 0.3) is 0 Å². The lowest BCUT2D eigenvalue weighted by molar-refractivity contribution is -0.117. The number of carbonyl (C=O) groups excluding carboxylic acids is 2. The molecule has 0 bridgehead atoms. The third kappa shape index (κ3) is 4.59. The van der Waals surface area contributed by atoms with Gasteiger partial charge >= 0.3 is 5.97 Å². The fourth-order valence-corrected chi connectivity index (χ4v) is 4.53. The standard InChI is InChI=1S/C19H29NO3S/c1-6-12-8-9-13-14(10-12)24-17(16(13)18(22)23-7-2)20-15(21)11-19(3,4)5/h12H,6-11H2,1-5H3,(H,20,21)/t12-/m0/s1. The van der Waals surface area contributed by atoms with E-state index in [1.54, 1.807) is 11.3 Å². The lowest BCUT2D eigenvalue weighted by Gasteiger charge is -2.21. The summed E-state index contributed by atoms with van der Waals surface area (Å²) < 4.78 is 5.25. The van der Waals surface area contributed by atoms with Gasteiger partial charge in [0, 0.05) is 11.3 Å². The fraction of sp³-hybridized carbons (Fsp3) is 0.684. The third-order valence-corrected chi connectivity index (χ3v) is 5.54. The predicted octanol–water partition coefficient (Wildman–Crippen LogP) is 4.81. The molecule has 1 aliphatic carbocycles. The van der Waals surface area contributed by atoms with Crippen molar-refractivity contribution in [1.82, 2.24) is 0 Å². The van der Waals surface area contributed by atoms with Crippen LogP contribution in [0.15, 0.2) is 0 Å². The second-order valence-corrected chi connectivity index (χ2v) is 8.84. The first-order chi connectivity index (χ1) is 11.2. The number of esters is 1. The molecule has 0 aliphatic heterocycles.